The van der Waals surface area contributed by atoms with Crippen LogP contribution in [0.25, 0.3) is 0 Å². The first kappa shape index (κ1) is 21.5. The number of alkyl halides is 1. The molecule has 0 aliphatic carbocycles. The summed E-state index contributed by atoms with van der Waals surface area (Å²) in [5, 5.41) is 25.0. The molecule has 0 fully saturated rings. The zero-order valence-corrected chi connectivity index (χ0v) is 13.1. The van der Waals surface area contributed by atoms with Crippen LogP contribution in [-0.2, 0) is 4.79 Å². The van der Waals surface area contributed by atoms with Crippen molar-refractivity contribution in [2.45, 2.75) is 32.3 Å². The smallest absolute Gasteiger partial charge is 0.328 e. The van der Waals surface area contributed by atoms with Crippen molar-refractivity contribution in [1.82, 2.24) is 0 Å². The number of hydrogen-bond acceptors (Lipinski definition) is 3. The molecule has 21 heavy (non-hydrogen) atoms. The van der Waals surface area contributed by atoms with E-state index in [4.69, 9.17) is 26.9 Å². The number of allylic oxidation sites excluding steroid dienone is 3. The van der Waals surface area contributed by atoms with Crippen LogP contribution in [0.15, 0.2) is 54.6 Å². The highest BCUT2D eigenvalue weighted by Crippen LogP contribution is 2.02. The molecule has 0 heterocycles. The molecule has 0 aliphatic heterocycles. The van der Waals surface area contributed by atoms with Crippen LogP contribution in [0.1, 0.15) is 26.7 Å². The first-order valence-corrected chi connectivity index (χ1v) is 6.96. The lowest BCUT2D eigenvalue weighted by atomic mass is 10.3. The number of halogens is 1. The second-order valence-electron chi connectivity index (χ2n) is 3.78. The van der Waals surface area contributed by atoms with Gasteiger partial charge in [-0.1, -0.05) is 61.4 Å². The number of carboxylic acid groups (broad SMARTS) is 1. The number of phenolic OH excluding ortho intramolecular Hbond substituents is 1. The topological polar surface area (TPSA) is 77.8 Å². The molecule has 1 unspecified atom stereocenters. The Morgan fingerprint density at radius 1 is 1.29 bits per heavy atom. The fourth-order valence-electron chi connectivity index (χ4n) is 0.915. The third-order valence-electron chi connectivity index (χ3n) is 1.83. The van der Waals surface area contributed by atoms with Crippen LogP contribution in [0, 0.1) is 0 Å². The average molecular weight is 315 g/mol. The Kier molecular flexibility index (Phi) is 16.7. The Hall–Kier alpha value is -1.78. The van der Waals surface area contributed by atoms with Crippen LogP contribution in [-0.4, -0.2) is 26.9 Å². The Morgan fingerprint density at radius 2 is 1.86 bits per heavy atom. The number of aliphatic carboxylic acids is 1. The van der Waals surface area contributed by atoms with E-state index in [9.17, 15) is 4.79 Å². The van der Waals surface area contributed by atoms with Gasteiger partial charge in [-0.3, -0.25) is 0 Å². The van der Waals surface area contributed by atoms with E-state index in [-0.39, 0.29) is 0 Å². The number of para-hydroxylation sites is 1. The number of aromatic hydroxyl groups is 1. The van der Waals surface area contributed by atoms with E-state index in [2.05, 4.69) is 0 Å². The third-order valence-corrected chi connectivity index (χ3v) is 2.04. The molecule has 0 spiro atoms. The molecule has 1 aromatic rings. The van der Waals surface area contributed by atoms with E-state index < -0.39 is 11.5 Å². The van der Waals surface area contributed by atoms with Crippen molar-refractivity contribution in [1.29, 1.82) is 0 Å². The molecule has 0 saturated carbocycles. The van der Waals surface area contributed by atoms with Crippen LogP contribution >= 0.6 is 11.6 Å². The summed E-state index contributed by atoms with van der Waals surface area (Å²) >= 11 is 5.13. The van der Waals surface area contributed by atoms with E-state index in [0.717, 1.165) is 12.5 Å². The lowest BCUT2D eigenvalue weighted by Crippen LogP contribution is -1.91. The van der Waals surface area contributed by atoms with Crippen molar-refractivity contribution in [2.24, 2.45) is 0 Å². The van der Waals surface area contributed by atoms with Gasteiger partial charge in [-0.05, 0) is 25.5 Å². The molecule has 0 saturated heterocycles. The number of phenols is 1. The van der Waals surface area contributed by atoms with E-state index in [1.165, 1.54) is 6.08 Å². The summed E-state index contributed by atoms with van der Waals surface area (Å²) < 4.78 is 0. The summed E-state index contributed by atoms with van der Waals surface area (Å²) in [6, 6.07) is 8.71. The molecule has 118 valence electrons. The summed E-state index contributed by atoms with van der Waals surface area (Å²) in [5.74, 6) is -0.592. The van der Waals surface area contributed by atoms with E-state index >= 15 is 0 Å². The summed E-state index contributed by atoms with van der Waals surface area (Å²) in [6.45, 7) is 3.80. The van der Waals surface area contributed by atoms with Crippen LogP contribution in [0.2, 0.25) is 0 Å². The first-order chi connectivity index (χ1) is 9.93. The molecule has 3 N–H and O–H groups in total. The number of hydrogen-bond donors (Lipinski definition) is 3. The van der Waals surface area contributed by atoms with Gasteiger partial charge >= 0.3 is 5.97 Å². The van der Waals surface area contributed by atoms with Gasteiger partial charge in [-0.2, -0.15) is 0 Å². The fourth-order valence-corrected chi connectivity index (χ4v) is 1.13. The van der Waals surface area contributed by atoms with E-state index in [1.807, 2.05) is 19.9 Å². The van der Waals surface area contributed by atoms with Crippen molar-refractivity contribution in [3.63, 3.8) is 0 Å². The van der Waals surface area contributed by atoms with Gasteiger partial charge in [0.2, 0.25) is 0 Å². The molecule has 0 bridgehead atoms. The molecule has 0 amide bonds. The standard InChI is InChI=1S/C6H8O2.C6H6O.C4H9ClO/c1-2-3-4-5-6(7)8;7-6-4-2-1-3-5-6;1-2-3-4(5)6/h2-5H,1H3,(H,7,8);1-5,7H;4,6H,2-3H2,1H3. The predicted molar refractivity (Wildman–Crippen MR) is 86.5 cm³/mol. The highest BCUT2D eigenvalue weighted by atomic mass is 35.5. The van der Waals surface area contributed by atoms with Crippen molar-refractivity contribution in [3.8, 4) is 5.75 Å². The van der Waals surface area contributed by atoms with Gasteiger partial charge in [-0.15, -0.1) is 0 Å². The number of aliphatic hydroxyl groups is 1. The highest BCUT2D eigenvalue weighted by molar-refractivity contribution is 6.19. The molecule has 0 aromatic heterocycles. The Morgan fingerprint density at radius 3 is 2.10 bits per heavy atom. The lowest BCUT2D eigenvalue weighted by Gasteiger charge is -1.92. The molecule has 4 nitrogen and oxygen atoms in total. The minimum Gasteiger partial charge on any atom is -0.508 e. The van der Waals surface area contributed by atoms with Crippen LogP contribution in [0.4, 0.5) is 0 Å². The summed E-state index contributed by atoms with van der Waals surface area (Å²) in [4.78, 5) is 9.75. The maximum atomic E-state index is 9.75. The second kappa shape index (κ2) is 16.3. The van der Waals surface area contributed by atoms with Gasteiger partial charge in [-0.25, -0.2) is 4.79 Å². The molecule has 0 aliphatic rings. The van der Waals surface area contributed by atoms with Gasteiger partial charge < -0.3 is 15.3 Å². The zero-order valence-electron chi connectivity index (χ0n) is 12.3. The maximum absolute atomic E-state index is 9.75. The second-order valence-corrected chi connectivity index (χ2v) is 4.29. The van der Waals surface area contributed by atoms with Crippen LogP contribution < -0.4 is 0 Å². The predicted octanol–water partition coefficient (Wildman–Crippen LogP) is 3.94. The number of rotatable bonds is 4. The average Bonchev–Trinajstić information content (AvgIpc) is 2.41. The fraction of sp³-hybridized carbons (Fsp3) is 0.312. The lowest BCUT2D eigenvalue weighted by molar-refractivity contribution is -0.131. The van der Waals surface area contributed by atoms with Crippen molar-refractivity contribution >= 4 is 17.6 Å². The molecular formula is C16H23ClO4. The van der Waals surface area contributed by atoms with Crippen molar-refractivity contribution < 1.29 is 20.1 Å². The summed E-state index contributed by atoms with van der Waals surface area (Å²) in [6.07, 6.45) is 7.63. The molecular weight excluding hydrogens is 292 g/mol. The normalized spacial score (nSPS) is 11.2. The number of carbonyl (C=O) groups is 1. The maximum Gasteiger partial charge on any atom is 0.328 e. The molecule has 1 aromatic carbocycles. The van der Waals surface area contributed by atoms with Gasteiger partial charge in [0.25, 0.3) is 0 Å². The molecule has 1 atom stereocenters. The Bertz CT molecular complexity index is 400. The zero-order chi connectivity index (χ0) is 16.5. The van der Waals surface area contributed by atoms with Crippen LogP contribution in [0.5, 0.6) is 5.75 Å². The number of carboxylic acids is 1. The highest BCUT2D eigenvalue weighted by Gasteiger charge is 1.90. The number of benzene rings is 1. The van der Waals surface area contributed by atoms with Gasteiger partial charge in [0.05, 0.1) is 0 Å². The van der Waals surface area contributed by atoms with E-state index in [0.29, 0.717) is 12.2 Å². The molecule has 0 radical (unpaired) electrons. The van der Waals surface area contributed by atoms with E-state index in [1.54, 1.807) is 36.4 Å². The molecule has 5 heteroatoms. The van der Waals surface area contributed by atoms with Crippen molar-refractivity contribution in [3.05, 3.63) is 54.6 Å². The monoisotopic (exact) mass is 314 g/mol. The summed E-state index contributed by atoms with van der Waals surface area (Å²) in [7, 11) is 0. The van der Waals surface area contributed by atoms with Gasteiger partial charge in [0.15, 0.2) is 0 Å². The Balaban J connectivity index is 0. The quantitative estimate of drug-likeness (QED) is 0.447. The summed E-state index contributed by atoms with van der Waals surface area (Å²) in [5.41, 5.74) is -0.630. The minimum atomic E-state index is -0.914. The minimum absolute atomic E-state index is 0.322. The molecule has 1 rings (SSSR count). The SMILES string of the molecule is CC=CC=CC(=O)O.CCCC(O)Cl.Oc1ccccc1. The van der Waals surface area contributed by atoms with Gasteiger partial charge in [0.1, 0.15) is 11.3 Å². The van der Waals surface area contributed by atoms with Gasteiger partial charge in [0, 0.05) is 6.08 Å². The van der Waals surface area contributed by atoms with Crippen LogP contribution in [0.3, 0.4) is 0 Å². The largest absolute Gasteiger partial charge is 0.508 e. The number of aliphatic hydroxyl groups excluding tert-OH is 1. The Labute approximate surface area is 131 Å². The first-order valence-electron chi connectivity index (χ1n) is 6.52. The third kappa shape index (κ3) is 23.7. The van der Waals surface area contributed by atoms with Crippen molar-refractivity contribution in [2.75, 3.05) is 0 Å².